The van der Waals surface area contributed by atoms with Crippen LogP contribution >= 0.6 is 15.9 Å². The third-order valence-corrected chi connectivity index (χ3v) is 5.06. The van der Waals surface area contributed by atoms with Gasteiger partial charge in [0, 0.05) is 6.07 Å². The highest BCUT2D eigenvalue weighted by molar-refractivity contribution is 9.10. The predicted octanol–water partition coefficient (Wildman–Crippen LogP) is 4.84. The van der Waals surface area contributed by atoms with Crippen LogP contribution in [0, 0.1) is 0 Å². The van der Waals surface area contributed by atoms with Crippen molar-refractivity contribution in [1.82, 2.24) is 0 Å². The van der Waals surface area contributed by atoms with E-state index < -0.39 is 22.6 Å². The first-order valence-corrected chi connectivity index (χ1v) is 8.99. The Kier molecular flexibility index (Phi) is 4.75. The normalized spacial score (nSPS) is 18.6. The van der Waals surface area contributed by atoms with Gasteiger partial charge in [-0.05, 0) is 76.0 Å². The Balaban J connectivity index is 2.75. The van der Waals surface area contributed by atoms with E-state index in [1.54, 1.807) is 47.8 Å². The van der Waals surface area contributed by atoms with Crippen LogP contribution in [0.5, 0.6) is 5.75 Å². The lowest BCUT2D eigenvalue weighted by Gasteiger charge is -2.48. The lowest BCUT2D eigenvalue weighted by atomic mass is 9.69. The Morgan fingerprint density at radius 2 is 1.72 bits per heavy atom. The summed E-state index contributed by atoms with van der Waals surface area (Å²) in [5.74, 6) is 0.545. The molecule has 1 aliphatic heterocycles. The summed E-state index contributed by atoms with van der Waals surface area (Å²) in [6.45, 7) is 12.7. The van der Waals surface area contributed by atoms with Crippen molar-refractivity contribution < 1.29 is 19.1 Å². The molecule has 1 aliphatic rings. The van der Waals surface area contributed by atoms with Crippen LogP contribution in [0.15, 0.2) is 16.6 Å². The number of methoxy groups -OCH3 is 1. The molecule has 0 unspecified atom stereocenters. The summed E-state index contributed by atoms with van der Waals surface area (Å²) in [4.78, 5) is 27.6. The van der Waals surface area contributed by atoms with E-state index in [1.165, 1.54) is 4.90 Å². The number of carbonyl (C=O) groups is 2. The van der Waals surface area contributed by atoms with Crippen molar-refractivity contribution in [2.45, 2.75) is 65.0 Å². The number of rotatable bonds is 1. The first-order chi connectivity index (χ1) is 11.2. The monoisotopic (exact) mass is 411 g/mol. The van der Waals surface area contributed by atoms with Gasteiger partial charge in [0.15, 0.2) is 5.78 Å². The predicted molar refractivity (Wildman–Crippen MR) is 102 cm³/mol. The molecular formula is C19H26BrNO4. The van der Waals surface area contributed by atoms with Gasteiger partial charge in [-0.15, -0.1) is 0 Å². The van der Waals surface area contributed by atoms with Crippen LogP contribution in [-0.4, -0.2) is 30.1 Å². The number of anilines is 1. The Morgan fingerprint density at radius 3 is 2.20 bits per heavy atom. The summed E-state index contributed by atoms with van der Waals surface area (Å²) >= 11 is 3.47. The van der Waals surface area contributed by atoms with Crippen LogP contribution in [0.4, 0.5) is 10.5 Å². The minimum Gasteiger partial charge on any atom is -0.495 e. The second-order valence-corrected chi connectivity index (χ2v) is 9.19. The molecule has 2 rings (SSSR count). The Bertz CT molecular complexity index is 732. The van der Waals surface area contributed by atoms with Crippen LogP contribution in [0.1, 0.15) is 54.0 Å². The van der Waals surface area contributed by atoms with Crippen molar-refractivity contribution >= 4 is 33.5 Å². The van der Waals surface area contributed by atoms with E-state index in [0.29, 0.717) is 11.4 Å². The molecule has 1 aromatic rings. The van der Waals surface area contributed by atoms with E-state index in [0.717, 1.165) is 10.0 Å². The third kappa shape index (κ3) is 3.28. The molecule has 0 bridgehead atoms. The van der Waals surface area contributed by atoms with Crippen molar-refractivity contribution in [3.8, 4) is 5.75 Å². The maximum Gasteiger partial charge on any atom is 0.415 e. The summed E-state index contributed by atoms with van der Waals surface area (Å²) in [6, 6.07) is 3.62. The number of ketones is 1. The summed E-state index contributed by atoms with van der Waals surface area (Å²) in [5.41, 5.74) is -1.06. The van der Waals surface area contributed by atoms with Crippen LogP contribution in [-0.2, 0) is 14.9 Å². The molecular weight excluding hydrogens is 386 g/mol. The number of halogens is 1. The molecule has 0 saturated carbocycles. The number of benzene rings is 1. The third-order valence-electron chi connectivity index (χ3n) is 4.44. The Hall–Kier alpha value is -1.56. The lowest BCUT2D eigenvalue weighted by molar-refractivity contribution is -0.128. The zero-order valence-electron chi connectivity index (χ0n) is 16.1. The van der Waals surface area contributed by atoms with Gasteiger partial charge in [-0.25, -0.2) is 4.79 Å². The first kappa shape index (κ1) is 19.8. The average molecular weight is 412 g/mol. The number of hydrogen-bond acceptors (Lipinski definition) is 4. The van der Waals surface area contributed by atoms with E-state index in [9.17, 15) is 9.59 Å². The number of nitrogens with zero attached hydrogens (tertiary/aromatic N) is 1. The van der Waals surface area contributed by atoms with E-state index in [1.807, 2.05) is 19.9 Å². The molecule has 0 spiro atoms. The molecule has 0 aromatic heterocycles. The molecule has 5 nitrogen and oxygen atoms in total. The van der Waals surface area contributed by atoms with Crippen LogP contribution in [0.25, 0.3) is 0 Å². The van der Waals surface area contributed by atoms with Gasteiger partial charge in [-0.3, -0.25) is 9.69 Å². The average Bonchev–Trinajstić information content (AvgIpc) is 2.44. The number of fused-ring (bicyclic) bond motifs is 1. The molecule has 0 saturated heterocycles. The zero-order chi connectivity index (χ0) is 19.4. The van der Waals surface area contributed by atoms with E-state index in [4.69, 9.17) is 9.47 Å². The quantitative estimate of drug-likeness (QED) is 0.663. The minimum atomic E-state index is -1.04. The van der Waals surface area contributed by atoms with Gasteiger partial charge in [0.05, 0.1) is 22.7 Å². The van der Waals surface area contributed by atoms with Gasteiger partial charge < -0.3 is 9.47 Å². The Labute approximate surface area is 157 Å². The van der Waals surface area contributed by atoms with Gasteiger partial charge in [0.1, 0.15) is 16.9 Å². The number of ether oxygens (including phenoxy) is 2. The standard InChI is InChI=1S/C19H26BrNO4/c1-17(2,3)25-16(23)21-13-10-14(24-8)12(20)9-11(13)18(4,5)15(22)19(21,6)7/h9-10H,1-8H3. The van der Waals surface area contributed by atoms with Gasteiger partial charge in [-0.2, -0.15) is 0 Å². The highest BCUT2D eigenvalue weighted by atomic mass is 79.9. The maximum atomic E-state index is 13.2. The zero-order valence-corrected chi connectivity index (χ0v) is 17.7. The molecule has 1 heterocycles. The van der Waals surface area contributed by atoms with Gasteiger partial charge >= 0.3 is 6.09 Å². The lowest BCUT2D eigenvalue weighted by Crippen LogP contribution is -2.62. The highest BCUT2D eigenvalue weighted by Gasteiger charge is 2.53. The molecule has 0 N–H and O–H groups in total. The molecule has 25 heavy (non-hydrogen) atoms. The SMILES string of the molecule is COc1cc2c(cc1Br)C(C)(C)C(=O)C(C)(C)N2C(=O)OC(C)(C)C. The van der Waals surface area contributed by atoms with Crippen LogP contribution in [0.2, 0.25) is 0 Å². The summed E-state index contributed by atoms with van der Waals surface area (Å²) in [5, 5.41) is 0. The van der Waals surface area contributed by atoms with E-state index in [-0.39, 0.29) is 5.78 Å². The Morgan fingerprint density at radius 1 is 1.16 bits per heavy atom. The van der Waals surface area contributed by atoms with E-state index >= 15 is 0 Å². The van der Waals surface area contributed by atoms with Crippen LogP contribution < -0.4 is 9.64 Å². The molecule has 1 aromatic carbocycles. The molecule has 6 heteroatoms. The van der Waals surface area contributed by atoms with Crippen molar-refractivity contribution in [1.29, 1.82) is 0 Å². The molecule has 0 radical (unpaired) electrons. The summed E-state index contributed by atoms with van der Waals surface area (Å²) in [7, 11) is 1.56. The molecule has 0 atom stereocenters. The van der Waals surface area contributed by atoms with Crippen molar-refractivity contribution in [3.05, 3.63) is 22.2 Å². The topological polar surface area (TPSA) is 55.8 Å². The van der Waals surface area contributed by atoms with Gasteiger partial charge in [0.2, 0.25) is 0 Å². The van der Waals surface area contributed by atoms with E-state index in [2.05, 4.69) is 15.9 Å². The van der Waals surface area contributed by atoms with Crippen LogP contribution in [0.3, 0.4) is 0 Å². The largest absolute Gasteiger partial charge is 0.495 e. The molecule has 138 valence electrons. The van der Waals surface area contributed by atoms with Crippen molar-refractivity contribution in [2.75, 3.05) is 12.0 Å². The second kappa shape index (κ2) is 6.01. The first-order valence-electron chi connectivity index (χ1n) is 8.19. The molecule has 0 fully saturated rings. The van der Waals surface area contributed by atoms with Crippen molar-refractivity contribution in [2.24, 2.45) is 0 Å². The minimum absolute atomic E-state index is 0.0459. The molecule has 1 amide bonds. The maximum absolute atomic E-state index is 13.2. The fraction of sp³-hybridized carbons (Fsp3) is 0.579. The number of carbonyl (C=O) groups excluding carboxylic acids is 2. The fourth-order valence-electron chi connectivity index (χ4n) is 3.31. The number of Topliss-reactive ketones (excluding diaryl/α,β-unsaturated/α-hetero) is 1. The molecule has 0 aliphatic carbocycles. The summed E-state index contributed by atoms with van der Waals surface area (Å²) in [6.07, 6.45) is -0.549. The highest BCUT2D eigenvalue weighted by Crippen LogP contribution is 2.48. The number of amides is 1. The number of hydrogen-bond donors (Lipinski definition) is 0. The van der Waals surface area contributed by atoms with Gasteiger partial charge in [0.25, 0.3) is 0 Å². The summed E-state index contributed by atoms with van der Waals surface area (Å²) < 4.78 is 11.7. The van der Waals surface area contributed by atoms with Crippen molar-refractivity contribution in [3.63, 3.8) is 0 Å². The van der Waals surface area contributed by atoms with Gasteiger partial charge in [-0.1, -0.05) is 0 Å². The fourth-order valence-corrected chi connectivity index (χ4v) is 3.81. The smallest absolute Gasteiger partial charge is 0.415 e. The second-order valence-electron chi connectivity index (χ2n) is 8.33.